The third-order valence-electron chi connectivity index (χ3n) is 11.4. The summed E-state index contributed by atoms with van der Waals surface area (Å²) in [7, 11) is -3.71. The van der Waals surface area contributed by atoms with Gasteiger partial charge in [0.15, 0.2) is 0 Å². The molecule has 0 aliphatic carbocycles. The molecular weight excluding hydrogens is 1540 g/mol. The van der Waals surface area contributed by atoms with Gasteiger partial charge in [0.1, 0.15) is 57.9 Å². The van der Waals surface area contributed by atoms with Crippen molar-refractivity contribution in [2.45, 2.75) is 51.9 Å². The SMILES string of the molecule is CCCCOc1ccc(C[P+](c2ccccc2)(c2ccccc2)c2ccccc2)cc1.CCCCOc1ccc(C[P+](c2ccccc2)(c2ccccc2)c2ccccc2)cc1.[Br][Mn-]([Br])([Br])[Br].[Br][Mn-]([Br])([Br])[Br]. The molecule has 0 amide bonds. The van der Waals surface area contributed by atoms with Crippen molar-refractivity contribution < 1.29 is 20.7 Å². The van der Waals surface area contributed by atoms with E-state index in [4.69, 9.17) is 9.47 Å². The van der Waals surface area contributed by atoms with E-state index in [-0.39, 0.29) is 0 Å². The van der Waals surface area contributed by atoms with Crippen molar-refractivity contribution in [3.05, 3.63) is 242 Å². The first-order valence-corrected chi connectivity index (χ1v) is 50.6. The van der Waals surface area contributed by atoms with Crippen molar-refractivity contribution >= 4 is 159 Å². The van der Waals surface area contributed by atoms with E-state index in [1.54, 1.807) is 0 Å². The normalized spacial score (nSPS) is 11.8. The minimum atomic E-state index is -1.86. The molecule has 0 unspecified atom stereocenters. The maximum absolute atomic E-state index is 5.89. The van der Waals surface area contributed by atoms with Gasteiger partial charge in [-0.2, -0.15) is 0 Å². The summed E-state index contributed by atoms with van der Waals surface area (Å²) in [6, 6.07) is 83.7. The molecule has 0 saturated carbocycles. The second-order valence-corrected chi connectivity index (χ2v) is 94.7. The summed E-state index contributed by atoms with van der Waals surface area (Å²) in [5.74, 6) is 1.92. The van der Waals surface area contributed by atoms with E-state index in [1.807, 2.05) is 0 Å². The molecule has 8 rings (SSSR count). The zero-order chi connectivity index (χ0) is 51.7. The van der Waals surface area contributed by atoms with Crippen LogP contribution in [0.25, 0.3) is 0 Å². The zero-order valence-corrected chi connectivity index (χ0v) is 56.9. The fourth-order valence-corrected chi connectivity index (χ4v) is 16.6. The predicted octanol–water partition coefficient (Wildman–Crippen LogP) is 19.5. The summed E-state index contributed by atoms with van der Waals surface area (Å²) in [4.78, 5) is 0. The molecule has 0 fully saturated rings. The van der Waals surface area contributed by atoms with Crippen LogP contribution in [0, 0.1) is 0 Å². The monoisotopic (exact) mass is 1590 g/mol. The van der Waals surface area contributed by atoms with Gasteiger partial charge in [-0.15, -0.1) is 0 Å². The van der Waals surface area contributed by atoms with Crippen LogP contribution in [0.3, 0.4) is 0 Å². The molecule has 0 atom stereocenters. The van der Waals surface area contributed by atoms with Crippen molar-refractivity contribution in [1.29, 1.82) is 0 Å². The molecular formula is C58H60Br8Mn2O2P2. The number of benzene rings is 8. The molecule has 384 valence electrons. The quantitative estimate of drug-likeness (QED) is 0.0484. The Hall–Kier alpha value is -0.901. The average molecular weight is 1600 g/mol. The summed E-state index contributed by atoms with van der Waals surface area (Å²) in [6.45, 7) is 5.94. The molecule has 14 heteroatoms. The molecule has 0 heterocycles. The topological polar surface area (TPSA) is 18.5 Å². The Bertz CT molecular complexity index is 2290. The number of hydrogen-bond acceptors (Lipinski definition) is 2. The number of unbranched alkanes of at least 4 members (excludes halogenated alkanes) is 2. The van der Waals surface area contributed by atoms with Crippen LogP contribution in [0.1, 0.15) is 50.7 Å². The third-order valence-corrected chi connectivity index (χ3v) is 20.2. The van der Waals surface area contributed by atoms with Crippen LogP contribution in [0.5, 0.6) is 11.5 Å². The second kappa shape index (κ2) is 32.7. The number of ether oxygens (including phenoxy) is 2. The molecule has 0 N–H and O–H groups in total. The van der Waals surface area contributed by atoms with Gasteiger partial charge in [-0.25, -0.2) is 0 Å². The summed E-state index contributed by atoms with van der Waals surface area (Å²) in [5.41, 5.74) is -0.0690. The Morgan fingerprint density at radius 1 is 0.306 bits per heavy atom. The molecule has 8 aromatic carbocycles. The molecule has 0 aliphatic heterocycles. The van der Waals surface area contributed by atoms with E-state index < -0.39 is 25.8 Å². The van der Waals surface area contributed by atoms with Gasteiger partial charge in [0.05, 0.1) is 25.5 Å². The molecule has 8 aromatic rings. The Labute approximate surface area is 491 Å². The minimum absolute atomic E-state index is 0.783. The van der Waals surface area contributed by atoms with Crippen molar-refractivity contribution in [3.8, 4) is 11.5 Å². The Kier molecular flexibility index (Phi) is 28.2. The first-order chi connectivity index (χ1) is 34.7. The number of rotatable bonds is 18. The van der Waals surface area contributed by atoms with E-state index in [0.29, 0.717) is 0 Å². The van der Waals surface area contributed by atoms with Crippen LogP contribution >= 0.6 is 127 Å². The van der Waals surface area contributed by atoms with Gasteiger partial charge in [0, 0.05) is 0 Å². The first kappa shape index (κ1) is 61.9. The summed E-state index contributed by atoms with van der Waals surface area (Å²) < 4.78 is 11.8. The Morgan fingerprint density at radius 3 is 0.681 bits per heavy atom. The fraction of sp³-hybridized carbons (Fsp3) is 0.172. The molecule has 0 spiro atoms. The van der Waals surface area contributed by atoms with Crippen LogP contribution in [0.4, 0.5) is 0 Å². The molecule has 72 heavy (non-hydrogen) atoms. The second-order valence-electron chi connectivity index (χ2n) is 16.3. The zero-order valence-electron chi connectivity index (χ0n) is 40.1. The fourth-order valence-electron chi connectivity index (χ4n) is 8.14. The van der Waals surface area contributed by atoms with Crippen molar-refractivity contribution in [2.24, 2.45) is 0 Å². The summed E-state index contributed by atoms with van der Waals surface area (Å²) in [6.07, 6.45) is 6.45. The van der Waals surface area contributed by atoms with Gasteiger partial charge in [-0.05, 0) is 121 Å². The van der Waals surface area contributed by atoms with Crippen LogP contribution < -0.4 is 41.3 Å². The average Bonchev–Trinajstić information content (AvgIpc) is 3.39. The number of halogens is 8. The van der Waals surface area contributed by atoms with Gasteiger partial charge in [-0.3, -0.25) is 0 Å². The molecule has 0 radical (unpaired) electrons. The van der Waals surface area contributed by atoms with Gasteiger partial charge in [0.25, 0.3) is 0 Å². The van der Waals surface area contributed by atoms with Gasteiger partial charge in [0.2, 0.25) is 0 Å². The first-order valence-electron chi connectivity index (χ1n) is 23.3. The Morgan fingerprint density at radius 2 is 0.500 bits per heavy atom. The molecule has 2 nitrogen and oxygen atoms in total. The standard InChI is InChI=1S/2C29H30OP.8BrH.2Mn/c2*1-2-3-23-30-26-21-19-25(20-22-26)24-31(27-13-7-4-8-14-27,28-15-9-5-10-16-28)29-17-11-6-12-18-29;;;;;;;;;;/h2*4-22H,2-3,23-24H2,1H3;8*1H;;/q2*+1;;;;;;;;;2*+3/p-8. The third kappa shape index (κ3) is 21.1. The van der Waals surface area contributed by atoms with Gasteiger partial charge < -0.3 is 9.47 Å². The van der Waals surface area contributed by atoms with E-state index in [9.17, 15) is 0 Å². The number of hydrogen-bond donors (Lipinski definition) is 0. The van der Waals surface area contributed by atoms with E-state index >= 15 is 0 Å². The molecule has 0 saturated heterocycles. The Balaban J connectivity index is 0.000000225. The summed E-state index contributed by atoms with van der Waals surface area (Å²) in [5, 5.41) is 8.48. The van der Waals surface area contributed by atoms with E-state index in [1.165, 1.54) is 43.0 Å². The predicted molar refractivity (Wildman–Crippen MR) is 343 cm³/mol. The molecule has 0 bridgehead atoms. The van der Waals surface area contributed by atoms with Crippen molar-refractivity contribution in [3.63, 3.8) is 0 Å². The van der Waals surface area contributed by atoms with Crippen LogP contribution in [0.2, 0.25) is 0 Å². The van der Waals surface area contributed by atoms with Crippen molar-refractivity contribution in [1.82, 2.24) is 0 Å². The summed E-state index contributed by atoms with van der Waals surface area (Å²) >= 11 is 26.1. The van der Waals surface area contributed by atoms with Gasteiger partial charge >= 0.3 is 124 Å². The van der Waals surface area contributed by atoms with Crippen LogP contribution in [-0.2, 0) is 23.6 Å². The van der Waals surface area contributed by atoms with Crippen LogP contribution in [-0.4, -0.2) is 13.2 Å². The van der Waals surface area contributed by atoms with E-state index in [0.717, 1.165) is 62.7 Å². The molecule has 0 aromatic heterocycles. The van der Waals surface area contributed by atoms with Gasteiger partial charge in [-0.1, -0.05) is 160 Å². The molecule has 0 aliphatic rings. The maximum atomic E-state index is 5.89. The van der Waals surface area contributed by atoms with E-state index in [2.05, 4.69) is 357 Å². The van der Waals surface area contributed by atoms with Crippen molar-refractivity contribution in [2.75, 3.05) is 13.2 Å². The van der Waals surface area contributed by atoms with Crippen LogP contribution in [0.15, 0.2) is 231 Å².